The number of ether oxygens (including phenoxy) is 1. The van der Waals surface area contributed by atoms with Gasteiger partial charge in [-0.05, 0) is 55.3 Å². The van der Waals surface area contributed by atoms with Crippen LogP contribution >= 0.6 is 0 Å². The molecule has 0 aliphatic carbocycles. The Morgan fingerprint density at radius 1 is 1.12 bits per heavy atom. The van der Waals surface area contributed by atoms with E-state index in [0.717, 1.165) is 43.9 Å². The molecule has 0 bridgehead atoms. The number of anilines is 1. The van der Waals surface area contributed by atoms with Crippen LogP contribution in [-0.4, -0.2) is 37.6 Å². The van der Waals surface area contributed by atoms with E-state index in [1.165, 1.54) is 11.1 Å². The standard InChI is InChI=1S/C22H24N2O2/c1-26-18-10-8-17(9-11-18)5-4-14-24-15-12-22(13-16-24)19-6-2-3-7-20(19)23-21(22)25/h2-11H,12-16H2,1H3,(H,23,25)/b5-4+. The summed E-state index contributed by atoms with van der Waals surface area (Å²) in [6.07, 6.45) is 6.10. The first-order chi connectivity index (χ1) is 12.7. The van der Waals surface area contributed by atoms with E-state index < -0.39 is 0 Å². The van der Waals surface area contributed by atoms with Crippen LogP contribution in [0, 0.1) is 0 Å². The first-order valence-corrected chi connectivity index (χ1v) is 9.15. The topological polar surface area (TPSA) is 41.6 Å². The zero-order chi connectivity index (χ0) is 18.0. The number of fused-ring (bicyclic) bond motifs is 2. The summed E-state index contributed by atoms with van der Waals surface area (Å²) in [5.41, 5.74) is 3.01. The van der Waals surface area contributed by atoms with Crippen molar-refractivity contribution in [2.24, 2.45) is 0 Å². The fraction of sp³-hybridized carbons (Fsp3) is 0.318. The molecule has 1 saturated heterocycles. The maximum atomic E-state index is 12.6. The fourth-order valence-electron chi connectivity index (χ4n) is 4.04. The number of carbonyl (C=O) groups excluding carboxylic acids is 1. The third-order valence-corrected chi connectivity index (χ3v) is 5.62. The lowest BCUT2D eigenvalue weighted by Crippen LogP contribution is -2.46. The van der Waals surface area contributed by atoms with Crippen molar-refractivity contribution in [3.63, 3.8) is 0 Å². The minimum atomic E-state index is -0.327. The number of rotatable bonds is 4. The summed E-state index contributed by atoms with van der Waals surface area (Å²) in [5.74, 6) is 1.05. The van der Waals surface area contributed by atoms with Gasteiger partial charge in [-0.15, -0.1) is 0 Å². The summed E-state index contributed by atoms with van der Waals surface area (Å²) in [5, 5.41) is 3.07. The lowest BCUT2D eigenvalue weighted by Gasteiger charge is -2.37. The van der Waals surface area contributed by atoms with E-state index in [2.05, 4.69) is 40.6 Å². The predicted molar refractivity (Wildman–Crippen MR) is 104 cm³/mol. The molecule has 0 atom stereocenters. The molecular weight excluding hydrogens is 324 g/mol. The summed E-state index contributed by atoms with van der Waals surface area (Å²) < 4.78 is 5.18. The highest BCUT2D eigenvalue weighted by Gasteiger charge is 2.47. The molecule has 0 aromatic heterocycles. The molecule has 4 nitrogen and oxygen atoms in total. The van der Waals surface area contributed by atoms with Crippen LogP contribution in [0.2, 0.25) is 0 Å². The highest BCUT2D eigenvalue weighted by molar-refractivity contribution is 6.06. The normalized spacial score (nSPS) is 18.9. The van der Waals surface area contributed by atoms with Crippen molar-refractivity contribution in [1.82, 2.24) is 4.90 Å². The second-order valence-electron chi connectivity index (χ2n) is 7.06. The molecule has 1 fully saturated rings. The number of piperidine rings is 1. The molecule has 0 unspecified atom stereocenters. The summed E-state index contributed by atoms with van der Waals surface area (Å²) in [6, 6.07) is 16.2. The molecule has 2 aromatic carbocycles. The van der Waals surface area contributed by atoms with Crippen molar-refractivity contribution >= 4 is 17.7 Å². The van der Waals surface area contributed by atoms with Gasteiger partial charge >= 0.3 is 0 Å². The minimum absolute atomic E-state index is 0.173. The van der Waals surface area contributed by atoms with Crippen LogP contribution in [0.3, 0.4) is 0 Å². The van der Waals surface area contributed by atoms with Crippen LogP contribution in [0.25, 0.3) is 6.08 Å². The first-order valence-electron chi connectivity index (χ1n) is 9.15. The van der Waals surface area contributed by atoms with Crippen LogP contribution < -0.4 is 10.1 Å². The monoisotopic (exact) mass is 348 g/mol. The van der Waals surface area contributed by atoms with Crippen LogP contribution in [0.1, 0.15) is 24.0 Å². The maximum Gasteiger partial charge on any atom is 0.235 e. The van der Waals surface area contributed by atoms with E-state index in [1.807, 2.05) is 30.3 Å². The number of likely N-dealkylation sites (tertiary alicyclic amines) is 1. The number of hydrogen-bond acceptors (Lipinski definition) is 3. The van der Waals surface area contributed by atoms with Gasteiger partial charge < -0.3 is 10.1 Å². The molecule has 2 aliphatic rings. The second kappa shape index (κ2) is 6.96. The van der Waals surface area contributed by atoms with E-state index in [-0.39, 0.29) is 11.3 Å². The van der Waals surface area contributed by atoms with Gasteiger partial charge in [0.2, 0.25) is 5.91 Å². The molecule has 134 valence electrons. The molecule has 0 radical (unpaired) electrons. The smallest absolute Gasteiger partial charge is 0.235 e. The molecule has 4 heteroatoms. The molecule has 0 saturated carbocycles. The van der Waals surface area contributed by atoms with Gasteiger partial charge in [0.1, 0.15) is 5.75 Å². The Morgan fingerprint density at radius 3 is 2.58 bits per heavy atom. The number of hydrogen-bond donors (Lipinski definition) is 1. The largest absolute Gasteiger partial charge is 0.497 e. The van der Waals surface area contributed by atoms with E-state index in [9.17, 15) is 4.79 Å². The third kappa shape index (κ3) is 3.01. The van der Waals surface area contributed by atoms with Crippen molar-refractivity contribution in [3.05, 3.63) is 65.7 Å². The SMILES string of the molecule is COc1ccc(/C=C/CN2CCC3(CC2)C(=O)Nc2ccccc23)cc1. The fourth-order valence-corrected chi connectivity index (χ4v) is 4.04. The van der Waals surface area contributed by atoms with Crippen molar-refractivity contribution in [2.75, 3.05) is 32.1 Å². The number of methoxy groups -OCH3 is 1. The van der Waals surface area contributed by atoms with Crippen LogP contribution in [0.5, 0.6) is 5.75 Å². The molecular formula is C22H24N2O2. The predicted octanol–water partition coefficient (Wildman–Crippen LogP) is 3.69. The average molecular weight is 348 g/mol. The van der Waals surface area contributed by atoms with Crippen LogP contribution in [0.15, 0.2) is 54.6 Å². The number of amides is 1. The van der Waals surface area contributed by atoms with E-state index in [1.54, 1.807) is 7.11 Å². The van der Waals surface area contributed by atoms with Crippen LogP contribution in [-0.2, 0) is 10.2 Å². The van der Waals surface area contributed by atoms with Gasteiger partial charge in [0.15, 0.2) is 0 Å². The molecule has 2 aromatic rings. The van der Waals surface area contributed by atoms with Gasteiger partial charge in [-0.1, -0.05) is 42.5 Å². The molecule has 1 spiro atoms. The van der Waals surface area contributed by atoms with Gasteiger partial charge in [-0.3, -0.25) is 9.69 Å². The Bertz CT molecular complexity index is 818. The van der Waals surface area contributed by atoms with E-state index in [4.69, 9.17) is 4.74 Å². The average Bonchev–Trinajstić information content (AvgIpc) is 2.96. The van der Waals surface area contributed by atoms with Crippen molar-refractivity contribution < 1.29 is 9.53 Å². The Labute approximate surface area is 154 Å². The number of para-hydroxylation sites is 1. The number of nitrogens with one attached hydrogen (secondary N) is 1. The van der Waals surface area contributed by atoms with Crippen molar-refractivity contribution in [2.45, 2.75) is 18.3 Å². The van der Waals surface area contributed by atoms with Gasteiger partial charge in [0.05, 0.1) is 12.5 Å². The summed E-state index contributed by atoms with van der Waals surface area (Å²) in [4.78, 5) is 15.0. The number of carbonyl (C=O) groups is 1. The van der Waals surface area contributed by atoms with E-state index >= 15 is 0 Å². The molecule has 26 heavy (non-hydrogen) atoms. The third-order valence-electron chi connectivity index (χ3n) is 5.62. The number of nitrogens with zero attached hydrogens (tertiary/aromatic N) is 1. The molecule has 2 heterocycles. The Kier molecular flexibility index (Phi) is 4.51. The van der Waals surface area contributed by atoms with Crippen molar-refractivity contribution in [3.8, 4) is 5.75 Å². The highest BCUT2D eigenvalue weighted by atomic mass is 16.5. The molecule has 2 aliphatic heterocycles. The Balaban J connectivity index is 1.37. The summed E-state index contributed by atoms with van der Waals surface area (Å²) in [6.45, 7) is 2.79. The summed E-state index contributed by atoms with van der Waals surface area (Å²) in [7, 11) is 1.68. The summed E-state index contributed by atoms with van der Waals surface area (Å²) >= 11 is 0. The Morgan fingerprint density at radius 2 is 1.85 bits per heavy atom. The van der Waals surface area contributed by atoms with Gasteiger partial charge in [0, 0.05) is 12.2 Å². The first kappa shape index (κ1) is 16.9. The lowest BCUT2D eigenvalue weighted by atomic mass is 9.74. The van der Waals surface area contributed by atoms with Gasteiger partial charge in [0.25, 0.3) is 0 Å². The quantitative estimate of drug-likeness (QED) is 0.916. The zero-order valence-corrected chi connectivity index (χ0v) is 15.1. The second-order valence-corrected chi connectivity index (χ2v) is 7.06. The Hall–Kier alpha value is -2.59. The lowest BCUT2D eigenvalue weighted by molar-refractivity contribution is -0.122. The van der Waals surface area contributed by atoms with Crippen molar-refractivity contribution in [1.29, 1.82) is 0 Å². The van der Waals surface area contributed by atoms with Gasteiger partial charge in [-0.25, -0.2) is 0 Å². The molecule has 1 N–H and O–H groups in total. The van der Waals surface area contributed by atoms with Gasteiger partial charge in [-0.2, -0.15) is 0 Å². The van der Waals surface area contributed by atoms with Crippen LogP contribution in [0.4, 0.5) is 5.69 Å². The number of benzene rings is 2. The molecule has 4 rings (SSSR count). The van der Waals surface area contributed by atoms with E-state index in [0.29, 0.717) is 0 Å². The minimum Gasteiger partial charge on any atom is -0.497 e. The maximum absolute atomic E-state index is 12.6. The highest BCUT2D eigenvalue weighted by Crippen LogP contribution is 2.44. The molecule has 1 amide bonds. The zero-order valence-electron chi connectivity index (χ0n) is 15.1.